The van der Waals surface area contributed by atoms with Crippen molar-refractivity contribution in [3.63, 3.8) is 0 Å². The van der Waals surface area contributed by atoms with Crippen LogP contribution in [0.25, 0.3) is 21.8 Å². The average molecular weight is 450 g/mol. The van der Waals surface area contributed by atoms with Gasteiger partial charge in [-0.1, -0.05) is 54.6 Å². The molecule has 32 heavy (non-hydrogen) atoms. The van der Waals surface area contributed by atoms with Gasteiger partial charge in [0, 0.05) is 37.0 Å². The van der Waals surface area contributed by atoms with Crippen LogP contribution in [0.4, 0.5) is 0 Å². The van der Waals surface area contributed by atoms with Crippen molar-refractivity contribution < 1.29 is 13.5 Å². The van der Waals surface area contributed by atoms with Gasteiger partial charge < -0.3 is 9.67 Å². The highest BCUT2D eigenvalue weighted by Crippen LogP contribution is 2.34. The molecule has 3 aromatic carbocycles. The van der Waals surface area contributed by atoms with E-state index in [1.165, 1.54) is 0 Å². The molecule has 0 bridgehead atoms. The highest BCUT2D eigenvalue weighted by Gasteiger charge is 2.34. The number of aliphatic hydroxyl groups is 1. The second kappa shape index (κ2) is 8.33. The highest BCUT2D eigenvalue weighted by molar-refractivity contribution is 7.89. The summed E-state index contributed by atoms with van der Waals surface area (Å²) in [4.78, 5) is 2.52. The van der Waals surface area contributed by atoms with Crippen LogP contribution in [0, 0.1) is 0 Å². The molecule has 2 heterocycles. The molecule has 0 spiro atoms. The zero-order valence-electron chi connectivity index (χ0n) is 18.0. The summed E-state index contributed by atoms with van der Waals surface area (Å²) in [6.45, 7) is 3.67. The van der Waals surface area contributed by atoms with E-state index in [1.54, 1.807) is 35.5 Å². The third-order valence-electron chi connectivity index (χ3n) is 6.34. The lowest BCUT2D eigenvalue weighted by Crippen LogP contribution is -2.52. The first-order chi connectivity index (χ1) is 15.5. The molecule has 1 aromatic heterocycles. The van der Waals surface area contributed by atoms with E-state index in [1.807, 2.05) is 30.3 Å². The number of nitrogens with zero attached hydrogens (tertiary/aromatic N) is 3. The Morgan fingerprint density at radius 1 is 0.750 bits per heavy atom. The number of hydrogen-bond acceptors (Lipinski definition) is 4. The fourth-order valence-electron chi connectivity index (χ4n) is 4.87. The summed E-state index contributed by atoms with van der Waals surface area (Å²) in [6.07, 6.45) is -0.923. The van der Waals surface area contributed by atoms with Gasteiger partial charge in [-0.05, 0) is 31.2 Å². The van der Waals surface area contributed by atoms with Crippen molar-refractivity contribution in [2.24, 2.45) is 0 Å². The number of benzene rings is 3. The number of piperazine rings is 1. The van der Waals surface area contributed by atoms with Crippen LogP contribution >= 0.6 is 0 Å². The summed E-state index contributed by atoms with van der Waals surface area (Å²) in [5, 5.41) is 13.2. The fraction of sp³-hybridized carbons (Fsp3) is 0.280. The van der Waals surface area contributed by atoms with E-state index in [0.29, 0.717) is 31.1 Å². The van der Waals surface area contributed by atoms with Gasteiger partial charge in [-0.15, -0.1) is 0 Å². The Balaban J connectivity index is 1.48. The number of fused-ring (bicyclic) bond motifs is 3. The minimum atomic E-state index is -3.52. The normalized spacial score (nSPS) is 18.2. The molecule has 6 nitrogen and oxygen atoms in total. The molecular weight excluding hydrogens is 422 g/mol. The molecule has 7 heteroatoms. The Hall–Kier alpha value is -2.71. The number of rotatable bonds is 5. The molecule has 0 saturated carbocycles. The molecule has 166 valence electrons. The standard InChI is InChI=1S/C25H27N3O3S/c1-19(29)25(28-23-13-7-5-11-21(23)22-12-6-8-14-24(22)28)26-15-17-27(18-16-26)32(30,31)20-9-3-2-4-10-20/h2-14,19,25,29H,15-18H2,1H3. The number of aliphatic hydroxyl groups excluding tert-OH is 1. The number of sulfonamides is 1. The van der Waals surface area contributed by atoms with Crippen LogP contribution in [0.5, 0.6) is 0 Å². The topological polar surface area (TPSA) is 65.8 Å². The molecule has 1 saturated heterocycles. The predicted molar refractivity (Wildman–Crippen MR) is 127 cm³/mol. The van der Waals surface area contributed by atoms with Gasteiger partial charge in [-0.2, -0.15) is 4.31 Å². The Morgan fingerprint density at radius 3 is 1.78 bits per heavy atom. The molecule has 2 unspecified atom stereocenters. The zero-order chi connectivity index (χ0) is 22.3. The number of aromatic nitrogens is 1. The molecule has 0 amide bonds. The SMILES string of the molecule is CC(O)C(N1CCN(S(=O)(=O)c2ccccc2)CC1)n1c2ccccc2c2ccccc21. The lowest BCUT2D eigenvalue weighted by Gasteiger charge is -2.41. The van der Waals surface area contributed by atoms with Crippen LogP contribution in [-0.4, -0.2) is 59.6 Å². The van der Waals surface area contributed by atoms with Crippen molar-refractivity contribution in [2.75, 3.05) is 26.2 Å². The minimum absolute atomic E-state index is 0.290. The smallest absolute Gasteiger partial charge is 0.243 e. The maximum atomic E-state index is 13.0. The van der Waals surface area contributed by atoms with Crippen molar-refractivity contribution in [3.8, 4) is 0 Å². The first-order valence-corrected chi connectivity index (χ1v) is 12.4. The minimum Gasteiger partial charge on any atom is -0.390 e. The monoisotopic (exact) mass is 449 g/mol. The molecular formula is C25H27N3O3S. The molecule has 1 aliphatic rings. The van der Waals surface area contributed by atoms with E-state index >= 15 is 0 Å². The largest absolute Gasteiger partial charge is 0.390 e. The summed E-state index contributed by atoms with van der Waals surface area (Å²) in [7, 11) is -3.52. The zero-order valence-corrected chi connectivity index (χ0v) is 18.8. The second-order valence-corrected chi connectivity index (χ2v) is 10.2. The summed E-state index contributed by atoms with van der Waals surface area (Å²) in [5.41, 5.74) is 2.14. The van der Waals surface area contributed by atoms with Crippen LogP contribution in [0.3, 0.4) is 0 Å². The Kier molecular flexibility index (Phi) is 5.51. The quantitative estimate of drug-likeness (QED) is 0.505. The van der Waals surface area contributed by atoms with Crippen molar-refractivity contribution in [1.82, 2.24) is 13.8 Å². The Morgan fingerprint density at radius 2 is 1.25 bits per heavy atom. The molecule has 4 aromatic rings. The lowest BCUT2D eigenvalue weighted by molar-refractivity contribution is 0.00617. The van der Waals surface area contributed by atoms with Gasteiger partial charge in [0.1, 0.15) is 6.17 Å². The second-order valence-electron chi connectivity index (χ2n) is 8.31. The molecule has 2 atom stereocenters. The number of para-hydroxylation sites is 2. The average Bonchev–Trinajstić information content (AvgIpc) is 3.15. The third kappa shape index (κ3) is 3.51. The van der Waals surface area contributed by atoms with Crippen LogP contribution in [0.2, 0.25) is 0 Å². The van der Waals surface area contributed by atoms with Gasteiger partial charge in [-0.3, -0.25) is 4.90 Å². The van der Waals surface area contributed by atoms with Crippen LogP contribution in [-0.2, 0) is 10.0 Å². The maximum absolute atomic E-state index is 13.0. The van der Waals surface area contributed by atoms with Gasteiger partial charge in [0.25, 0.3) is 0 Å². The Labute approximate surface area is 188 Å². The van der Waals surface area contributed by atoms with Gasteiger partial charge in [0.05, 0.1) is 22.0 Å². The molecule has 1 N–H and O–H groups in total. The predicted octanol–water partition coefficient (Wildman–Crippen LogP) is 3.68. The fourth-order valence-corrected chi connectivity index (χ4v) is 6.32. The molecule has 0 aliphatic carbocycles. The van der Waals surface area contributed by atoms with Gasteiger partial charge in [0.15, 0.2) is 0 Å². The molecule has 1 fully saturated rings. The van der Waals surface area contributed by atoms with Crippen molar-refractivity contribution >= 4 is 31.8 Å². The van der Waals surface area contributed by atoms with Crippen LogP contribution < -0.4 is 0 Å². The molecule has 1 aliphatic heterocycles. The van der Waals surface area contributed by atoms with E-state index in [9.17, 15) is 13.5 Å². The van der Waals surface area contributed by atoms with E-state index in [2.05, 4.69) is 33.7 Å². The lowest BCUT2D eigenvalue weighted by atomic mass is 10.2. The van der Waals surface area contributed by atoms with E-state index in [0.717, 1.165) is 21.8 Å². The Bertz CT molecular complexity index is 1290. The number of hydrogen-bond donors (Lipinski definition) is 1. The van der Waals surface area contributed by atoms with E-state index in [4.69, 9.17) is 0 Å². The van der Waals surface area contributed by atoms with Crippen LogP contribution in [0.1, 0.15) is 13.1 Å². The van der Waals surface area contributed by atoms with Crippen molar-refractivity contribution in [3.05, 3.63) is 78.9 Å². The summed E-state index contributed by atoms with van der Waals surface area (Å²) in [6, 6.07) is 25.1. The van der Waals surface area contributed by atoms with E-state index in [-0.39, 0.29) is 6.17 Å². The third-order valence-corrected chi connectivity index (χ3v) is 8.25. The van der Waals surface area contributed by atoms with Gasteiger partial charge >= 0.3 is 0 Å². The summed E-state index contributed by atoms with van der Waals surface area (Å²) in [5.74, 6) is 0. The van der Waals surface area contributed by atoms with Crippen LogP contribution in [0.15, 0.2) is 83.8 Å². The van der Waals surface area contributed by atoms with Crippen molar-refractivity contribution in [1.29, 1.82) is 0 Å². The van der Waals surface area contributed by atoms with E-state index < -0.39 is 16.1 Å². The van der Waals surface area contributed by atoms with Gasteiger partial charge in [-0.25, -0.2) is 8.42 Å². The molecule has 0 radical (unpaired) electrons. The van der Waals surface area contributed by atoms with Crippen molar-refractivity contribution in [2.45, 2.75) is 24.1 Å². The summed E-state index contributed by atoms with van der Waals surface area (Å²) >= 11 is 0. The maximum Gasteiger partial charge on any atom is 0.243 e. The highest BCUT2D eigenvalue weighted by atomic mass is 32.2. The summed E-state index contributed by atoms with van der Waals surface area (Å²) < 4.78 is 29.8. The molecule has 5 rings (SSSR count). The first kappa shape index (κ1) is 21.2. The first-order valence-electron chi connectivity index (χ1n) is 10.9. The van der Waals surface area contributed by atoms with Gasteiger partial charge in [0.2, 0.25) is 10.0 Å².